The molecule has 0 aliphatic carbocycles. The number of rotatable bonds is 3. The van der Waals surface area contributed by atoms with E-state index < -0.39 is 0 Å². The third-order valence-corrected chi connectivity index (χ3v) is 4.46. The molecule has 0 amide bonds. The van der Waals surface area contributed by atoms with Crippen LogP contribution in [0, 0.1) is 0 Å². The first kappa shape index (κ1) is 14.1. The van der Waals surface area contributed by atoms with Gasteiger partial charge in [0.15, 0.2) is 0 Å². The van der Waals surface area contributed by atoms with E-state index in [9.17, 15) is 4.79 Å². The first-order chi connectivity index (χ1) is 10.3. The first-order valence-corrected chi connectivity index (χ1v) is 7.78. The molecule has 3 heteroatoms. The number of hydrogen-bond acceptors (Lipinski definition) is 2. The van der Waals surface area contributed by atoms with Gasteiger partial charge < -0.3 is 4.98 Å². The van der Waals surface area contributed by atoms with E-state index in [1.165, 1.54) is 37.9 Å². The minimum Gasteiger partial charge on any atom is -0.329 e. The van der Waals surface area contributed by atoms with Gasteiger partial charge in [0.2, 0.25) is 0 Å². The number of nitrogens with one attached hydrogen (secondary N) is 1. The molecular weight excluding hydrogens is 260 g/mol. The fraction of sp³-hybridized carbons (Fsp3) is 0.389. The van der Waals surface area contributed by atoms with Gasteiger partial charge in [-0.2, -0.15) is 0 Å². The van der Waals surface area contributed by atoms with Gasteiger partial charge in [0.25, 0.3) is 5.56 Å². The molecule has 1 saturated heterocycles. The van der Waals surface area contributed by atoms with E-state index in [-0.39, 0.29) is 5.56 Å². The van der Waals surface area contributed by atoms with Crippen molar-refractivity contribution in [2.75, 3.05) is 13.1 Å². The topological polar surface area (TPSA) is 36.1 Å². The van der Waals surface area contributed by atoms with E-state index in [1.807, 2.05) is 12.1 Å². The van der Waals surface area contributed by atoms with Crippen molar-refractivity contribution in [1.29, 1.82) is 0 Å². The number of H-pyrrole nitrogens is 1. The van der Waals surface area contributed by atoms with E-state index in [0.29, 0.717) is 6.04 Å². The number of piperidine rings is 1. The monoisotopic (exact) mass is 282 g/mol. The fourth-order valence-corrected chi connectivity index (χ4v) is 3.11. The van der Waals surface area contributed by atoms with Gasteiger partial charge in [0.05, 0.1) is 0 Å². The summed E-state index contributed by atoms with van der Waals surface area (Å²) in [5.74, 6) is 0. The Labute approximate surface area is 125 Å². The predicted molar refractivity (Wildman–Crippen MR) is 86.3 cm³/mol. The number of aromatic amines is 1. The zero-order valence-corrected chi connectivity index (χ0v) is 12.5. The lowest BCUT2D eigenvalue weighted by Crippen LogP contribution is -2.32. The maximum absolute atomic E-state index is 11.8. The lowest BCUT2D eigenvalue weighted by atomic mass is 10.00. The summed E-state index contributed by atoms with van der Waals surface area (Å²) in [6.07, 6.45) is 5.64. The molecule has 2 heterocycles. The van der Waals surface area contributed by atoms with Gasteiger partial charge in [-0.3, -0.25) is 9.69 Å². The van der Waals surface area contributed by atoms with E-state index >= 15 is 0 Å². The first-order valence-electron chi connectivity index (χ1n) is 7.78. The lowest BCUT2D eigenvalue weighted by molar-refractivity contribution is 0.175. The molecular formula is C18H22N2O. The van der Waals surface area contributed by atoms with Crippen LogP contribution in [0.4, 0.5) is 0 Å². The molecule has 21 heavy (non-hydrogen) atoms. The summed E-state index contributed by atoms with van der Waals surface area (Å²) < 4.78 is 0. The Hall–Kier alpha value is -1.87. The van der Waals surface area contributed by atoms with E-state index in [2.05, 4.69) is 41.1 Å². The molecule has 3 nitrogen and oxygen atoms in total. The minimum absolute atomic E-state index is 0.0330. The number of hydrogen-bond donors (Lipinski definition) is 1. The Morgan fingerprint density at radius 1 is 1.05 bits per heavy atom. The van der Waals surface area contributed by atoms with Crippen LogP contribution < -0.4 is 5.56 Å². The second-order valence-corrected chi connectivity index (χ2v) is 5.81. The Balaban J connectivity index is 1.81. The van der Waals surface area contributed by atoms with Gasteiger partial charge in [-0.05, 0) is 56.1 Å². The SMILES string of the molecule is C[C@@H](c1ccc(-c2ccc[nH]c2=O)cc1)N1CCCCC1. The number of pyridine rings is 1. The Morgan fingerprint density at radius 3 is 2.43 bits per heavy atom. The highest BCUT2D eigenvalue weighted by atomic mass is 16.1. The highest BCUT2D eigenvalue weighted by Gasteiger charge is 2.18. The number of benzene rings is 1. The molecule has 3 rings (SSSR count). The molecule has 0 bridgehead atoms. The smallest absolute Gasteiger partial charge is 0.255 e. The average molecular weight is 282 g/mol. The molecule has 0 unspecified atom stereocenters. The quantitative estimate of drug-likeness (QED) is 0.934. The fourth-order valence-electron chi connectivity index (χ4n) is 3.11. The maximum Gasteiger partial charge on any atom is 0.255 e. The molecule has 2 aromatic rings. The van der Waals surface area contributed by atoms with Crippen LogP contribution in [0.1, 0.15) is 37.8 Å². The molecule has 1 fully saturated rings. The number of likely N-dealkylation sites (tertiary alicyclic amines) is 1. The summed E-state index contributed by atoms with van der Waals surface area (Å²) in [6.45, 7) is 4.66. The van der Waals surface area contributed by atoms with Crippen molar-refractivity contribution in [2.24, 2.45) is 0 Å². The molecule has 1 aromatic heterocycles. The summed E-state index contributed by atoms with van der Waals surface area (Å²) in [7, 11) is 0. The van der Waals surface area contributed by atoms with Crippen molar-refractivity contribution in [3.05, 3.63) is 58.5 Å². The lowest BCUT2D eigenvalue weighted by Gasteiger charge is -2.32. The zero-order valence-electron chi connectivity index (χ0n) is 12.5. The van der Waals surface area contributed by atoms with Crippen molar-refractivity contribution in [3.63, 3.8) is 0 Å². The van der Waals surface area contributed by atoms with Crippen molar-refractivity contribution in [2.45, 2.75) is 32.2 Å². The molecule has 1 aliphatic rings. The molecule has 1 aliphatic heterocycles. The van der Waals surface area contributed by atoms with Crippen LogP contribution in [0.15, 0.2) is 47.4 Å². The Morgan fingerprint density at radius 2 is 1.76 bits per heavy atom. The summed E-state index contributed by atoms with van der Waals surface area (Å²) >= 11 is 0. The molecule has 1 aromatic carbocycles. The third kappa shape index (κ3) is 3.08. The van der Waals surface area contributed by atoms with Crippen LogP contribution in [-0.2, 0) is 0 Å². The molecule has 110 valence electrons. The van der Waals surface area contributed by atoms with Crippen molar-refractivity contribution in [1.82, 2.24) is 9.88 Å². The highest BCUT2D eigenvalue weighted by molar-refractivity contribution is 5.62. The summed E-state index contributed by atoms with van der Waals surface area (Å²) in [6, 6.07) is 12.6. The standard InChI is InChI=1S/C18H22N2O/c1-14(20-12-3-2-4-13-20)15-7-9-16(10-8-15)17-6-5-11-19-18(17)21/h5-11,14H,2-4,12-13H2,1H3,(H,19,21)/t14-/m0/s1. The number of nitrogens with zero attached hydrogens (tertiary/aromatic N) is 1. The molecule has 1 N–H and O–H groups in total. The van der Waals surface area contributed by atoms with Crippen molar-refractivity contribution < 1.29 is 0 Å². The molecule has 1 atom stereocenters. The summed E-state index contributed by atoms with van der Waals surface area (Å²) in [4.78, 5) is 17.1. The highest BCUT2D eigenvalue weighted by Crippen LogP contribution is 2.25. The van der Waals surface area contributed by atoms with Gasteiger partial charge in [-0.1, -0.05) is 30.7 Å². The summed E-state index contributed by atoms with van der Waals surface area (Å²) in [5.41, 5.74) is 3.00. The van der Waals surface area contributed by atoms with E-state index in [4.69, 9.17) is 0 Å². The Bertz CT molecular complexity index is 639. The third-order valence-electron chi connectivity index (χ3n) is 4.46. The minimum atomic E-state index is -0.0330. The van der Waals surface area contributed by atoms with Crippen LogP contribution in [0.2, 0.25) is 0 Å². The van der Waals surface area contributed by atoms with Crippen LogP contribution in [0.3, 0.4) is 0 Å². The van der Waals surface area contributed by atoms with Gasteiger partial charge in [0, 0.05) is 17.8 Å². The van der Waals surface area contributed by atoms with E-state index in [0.717, 1.165) is 11.1 Å². The average Bonchev–Trinajstić information content (AvgIpc) is 2.56. The zero-order chi connectivity index (χ0) is 14.7. The van der Waals surface area contributed by atoms with Crippen LogP contribution >= 0.6 is 0 Å². The van der Waals surface area contributed by atoms with Crippen molar-refractivity contribution >= 4 is 0 Å². The van der Waals surface area contributed by atoms with E-state index in [1.54, 1.807) is 6.20 Å². The van der Waals surface area contributed by atoms with Gasteiger partial charge in [0.1, 0.15) is 0 Å². The predicted octanol–water partition coefficient (Wildman–Crippen LogP) is 3.59. The maximum atomic E-state index is 11.8. The second kappa shape index (κ2) is 6.27. The van der Waals surface area contributed by atoms with Crippen LogP contribution in [0.5, 0.6) is 0 Å². The number of aromatic nitrogens is 1. The summed E-state index contributed by atoms with van der Waals surface area (Å²) in [5, 5.41) is 0. The Kier molecular flexibility index (Phi) is 4.20. The van der Waals surface area contributed by atoms with Crippen molar-refractivity contribution in [3.8, 4) is 11.1 Å². The second-order valence-electron chi connectivity index (χ2n) is 5.81. The van der Waals surface area contributed by atoms with Crippen LogP contribution in [0.25, 0.3) is 11.1 Å². The normalized spacial score (nSPS) is 17.6. The molecule has 0 spiro atoms. The largest absolute Gasteiger partial charge is 0.329 e. The molecule has 0 radical (unpaired) electrons. The van der Waals surface area contributed by atoms with Crippen LogP contribution in [-0.4, -0.2) is 23.0 Å². The van der Waals surface area contributed by atoms with Gasteiger partial charge in [-0.15, -0.1) is 0 Å². The molecule has 0 saturated carbocycles. The van der Waals surface area contributed by atoms with Gasteiger partial charge in [-0.25, -0.2) is 0 Å². The van der Waals surface area contributed by atoms with Gasteiger partial charge >= 0.3 is 0 Å².